The summed E-state index contributed by atoms with van der Waals surface area (Å²) in [6.45, 7) is 14.7. The van der Waals surface area contributed by atoms with Crippen LogP contribution in [-0.4, -0.2) is 11.9 Å². The monoisotopic (exact) mass is 856 g/mol. The van der Waals surface area contributed by atoms with Gasteiger partial charge >= 0.3 is 11.9 Å². The van der Waals surface area contributed by atoms with Gasteiger partial charge in [-0.1, -0.05) is 119 Å². The highest BCUT2D eigenvalue weighted by Crippen LogP contribution is 2.36. The minimum absolute atomic E-state index is 0.285. The van der Waals surface area contributed by atoms with Crippen molar-refractivity contribution in [1.82, 2.24) is 0 Å². The summed E-state index contributed by atoms with van der Waals surface area (Å²) in [6, 6.07) is 49.5. The number of fused-ring (bicyclic) bond motifs is 4. The Kier molecular flexibility index (Phi) is 13.2. The maximum absolute atomic E-state index is 12.7. The average molecular weight is 858 g/mol. The van der Waals surface area contributed by atoms with Gasteiger partial charge in [-0.25, -0.2) is 9.59 Å². The molecule has 0 amide bonds. The molecule has 60 heavy (non-hydrogen) atoms. The largest absolute Gasteiger partial charge is 0.454 e. The van der Waals surface area contributed by atoms with E-state index in [-0.39, 0.29) is 24.1 Å². The van der Waals surface area contributed by atoms with Crippen molar-refractivity contribution in [3.8, 4) is 0 Å². The number of carbonyl (C=O) groups is 2. The van der Waals surface area contributed by atoms with Gasteiger partial charge in [-0.2, -0.15) is 0 Å². The Labute approximate surface area is 362 Å². The van der Waals surface area contributed by atoms with Crippen molar-refractivity contribution < 1.29 is 19.1 Å². The van der Waals surface area contributed by atoms with Crippen LogP contribution in [0.1, 0.15) is 127 Å². The van der Waals surface area contributed by atoms with E-state index in [1.807, 2.05) is 74.5 Å². The zero-order chi connectivity index (χ0) is 42.5. The van der Waals surface area contributed by atoms with Crippen LogP contribution in [0.3, 0.4) is 0 Å². The van der Waals surface area contributed by atoms with Crippen LogP contribution in [0.15, 0.2) is 150 Å². The second-order valence-corrected chi connectivity index (χ2v) is 16.9. The van der Waals surface area contributed by atoms with Gasteiger partial charge in [0.15, 0.2) is 0 Å². The zero-order valence-corrected chi connectivity index (χ0v) is 37.2. The number of ether oxygens (including phenoxy) is 2. The smallest absolute Gasteiger partial charge is 0.338 e. The fourth-order valence-corrected chi connectivity index (χ4v) is 8.51. The number of carbonyl (C=O) groups excluding carboxylic acids is 2. The molecule has 4 unspecified atom stereocenters. The third kappa shape index (κ3) is 9.32. The van der Waals surface area contributed by atoms with E-state index in [2.05, 4.69) is 135 Å². The highest BCUT2D eigenvalue weighted by Gasteiger charge is 2.19. The molecule has 0 aliphatic rings. The molecule has 0 bridgehead atoms. The summed E-state index contributed by atoms with van der Waals surface area (Å²) in [6.07, 6.45) is 1.48. The molecule has 0 radical (unpaired) electrons. The van der Waals surface area contributed by atoms with E-state index < -0.39 is 0 Å². The Morgan fingerprint density at radius 2 is 0.950 bits per heavy atom. The van der Waals surface area contributed by atoms with Crippen LogP contribution in [0.25, 0.3) is 43.1 Å². The van der Waals surface area contributed by atoms with Gasteiger partial charge < -0.3 is 9.47 Å². The summed E-state index contributed by atoms with van der Waals surface area (Å²) in [5.74, 6) is 0.390. The van der Waals surface area contributed by atoms with E-state index in [0.717, 1.165) is 44.6 Å². The molecule has 0 aliphatic heterocycles. The fourth-order valence-electron chi connectivity index (χ4n) is 7.72. The van der Waals surface area contributed by atoms with Crippen LogP contribution in [0.5, 0.6) is 0 Å². The van der Waals surface area contributed by atoms with Crippen LogP contribution < -0.4 is 0 Å². The van der Waals surface area contributed by atoms with Crippen molar-refractivity contribution in [2.75, 3.05) is 0 Å². The van der Waals surface area contributed by atoms with Gasteiger partial charge in [0.1, 0.15) is 12.2 Å². The van der Waals surface area contributed by atoms with Crippen molar-refractivity contribution in [2.45, 2.75) is 85.4 Å². The molecule has 0 heterocycles. The van der Waals surface area contributed by atoms with E-state index >= 15 is 0 Å². The molecule has 0 N–H and O–H groups in total. The van der Waals surface area contributed by atoms with Gasteiger partial charge in [-0.05, 0) is 181 Å². The predicted octanol–water partition coefficient (Wildman–Crippen LogP) is 15.9. The first-order valence-corrected chi connectivity index (χ1v) is 21.9. The molecule has 0 saturated heterocycles. The molecule has 4 nitrogen and oxygen atoms in total. The van der Waals surface area contributed by atoms with Gasteiger partial charge in [0.25, 0.3) is 0 Å². The summed E-state index contributed by atoms with van der Waals surface area (Å²) < 4.78 is 12.5. The molecular weight excluding hydrogens is 805 g/mol. The standard InChI is InChI=1S/C28H28O2.C27H25BrO2/c1-5-18(2)21-9-11-22(12-10-21)28(29)30-20(4)23-13-14-24-17-27-19(3)7-6-8-25(27)16-26(24)15-23;1-4-17(2)19-9-11-20(12-10-19)27(29)30-18(3)24-14-13-23-15-21-7-5-6-8-22(21)16-25(23)26(24)28/h6-18,20H,5H2,1-4H3;5-18H,4H2,1-3H3. The third-order valence-corrected chi connectivity index (χ3v) is 12.9. The number of rotatable bonds is 10. The van der Waals surface area contributed by atoms with Crippen LogP contribution >= 0.6 is 15.9 Å². The van der Waals surface area contributed by atoms with E-state index in [0.29, 0.717) is 23.0 Å². The number of hydrogen-bond acceptors (Lipinski definition) is 4. The normalized spacial score (nSPS) is 13.3. The van der Waals surface area contributed by atoms with Gasteiger partial charge in [-0.15, -0.1) is 0 Å². The molecule has 0 aromatic heterocycles. The Morgan fingerprint density at radius 3 is 1.55 bits per heavy atom. The van der Waals surface area contributed by atoms with Crippen LogP contribution in [0, 0.1) is 6.92 Å². The quantitative estimate of drug-likeness (QED) is 0.102. The summed E-state index contributed by atoms with van der Waals surface area (Å²) in [5, 5.41) is 9.53. The Balaban J connectivity index is 0.000000181. The van der Waals surface area contributed by atoms with Gasteiger partial charge in [0, 0.05) is 10.0 Å². The Hall–Kier alpha value is -5.78. The van der Waals surface area contributed by atoms with Gasteiger partial charge in [0.2, 0.25) is 0 Å². The van der Waals surface area contributed by atoms with Crippen molar-refractivity contribution in [3.05, 3.63) is 189 Å². The lowest BCUT2D eigenvalue weighted by atomic mass is 9.97. The number of halogens is 1. The molecule has 304 valence electrons. The minimum Gasteiger partial charge on any atom is -0.454 e. The first-order valence-electron chi connectivity index (χ1n) is 21.1. The number of benzene rings is 8. The summed E-state index contributed by atoms with van der Waals surface area (Å²) >= 11 is 3.76. The molecule has 8 aromatic rings. The van der Waals surface area contributed by atoms with E-state index in [1.165, 1.54) is 43.6 Å². The predicted molar refractivity (Wildman–Crippen MR) is 253 cm³/mol. The number of hydrogen-bond donors (Lipinski definition) is 0. The summed E-state index contributed by atoms with van der Waals surface area (Å²) in [4.78, 5) is 25.3. The van der Waals surface area contributed by atoms with E-state index in [4.69, 9.17) is 9.47 Å². The molecular formula is C55H53BrO4. The van der Waals surface area contributed by atoms with Crippen LogP contribution in [-0.2, 0) is 9.47 Å². The Morgan fingerprint density at radius 1 is 0.483 bits per heavy atom. The molecule has 8 aromatic carbocycles. The lowest BCUT2D eigenvalue weighted by molar-refractivity contribution is 0.0327. The number of aryl methyl sites for hydroxylation is 1. The van der Waals surface area contributed by atoms with Gasteiger partial charge in [-0.3, -0.25) is 0 Å². The van der Waals surface area contributed by atoms with Crippen molar-refractivity contribution in [3.63, 3.8) is 0 Å². The van der Waals surface area contributed by atoms with Gasteiger partial charge in [0.05, 0.1) is 11.1 Å². The first-order chi connectivity index (χ1) is 28.9. The molecule has 0 aliphatic carbocycles. The van der Waals surface area contributed by atoms with E-state index in [1.54, 1.807) is 0 Å². The third-order valence-electron chi connectivity index (χ3n) is 12.1. The zero-order valence-electron chi connectivity index (χ0n) is 35.6. The molecule has 0 fully saturated rings. The van der Waals surface area contributed by atoms with Crippen LogP contribution in [0.2, 0.25) is 0 Å². The maximum Gasteiger partial charge on any atom is 0.338 e. The molecule has 0 saturated carbocycles. The minimum atomic E-state index is -0.364. The fraction of sp³-hybridized carbons (Fsp3) is 0.236. The molecule has 0 spiro atoms. The molecule has 4 atom stereocenters. The highest BCUT2D eigenvalue weighted by atomic mass is 79.9. The van der Waals surface area contributed by atoms with E-state index in [9.17, 15) is 9.59 Å². The second kappa shape index (κ2) is 18.6. The SMILES string of the molecule is CCC(C)c1ccc(C(=O)OC(C)c2ccc3cc4c(C)cccc4cc3c2)cc1.CCC(C)c1ccc(C(=O)OC(C)c2ccc3cc4ccccc4cc3c2Br)cc1. The lowest BCUT2D eigenvalue weighted by Crippen LogP contribution is -2.10. The van der Waals surface area contributed by atoms with Crippen molar-refractivity contribution in [2.24, 2.45) is 0 Å². The summed E-state index contributed by atoms with van der Waals surface area (Å²) in [5.41, 5.74) is 6.90. The molecule has 5 heteroatoms. The maximum atomic E-state index is 12.7. The highest BCUT2D eigenvalue weighted by molar-refractivity contribution is 9.10. The number of esters is 2. The summed E-state index contributed by atoms with van der Waals surface area (Å²) in [7, 11) is 0. The Bertz CT molecular complexity index is 2810. The second-order valence-electron chi connectivity index (χ2n) is 16.1. The van der Waals surface area contributed by atoms with Crippen LogP contribution in [0.4, 0.5) is 0 Å². The lowest BCUT2D eigenvalue weighted by Gasteiger charge is -2.17. The van der Waals surface area contributed by atoms with Crippen molar-refractivity contribution in [1.29, 1.82) is 0 Å². The topological polar surface area (TPSA) is 52.6 Å². The molecule has 8 rings (SSSR count). The first kappa shape index (κ1) is 42.3. The van der Waals surface area contributed by atoms with Crippen molar-refractivity contribution >= 4 is 71.0 Å². The average Bonchev–Trinajstić information content (AvgIpc) is 3.27.